The molecular weight excluding hydrogens is 276 g/mol. The molecule has 0 atom stereocenters. The van der Waals surface area contributed by atoms with E-state index in [1.165, 1.54) is 72.8 Å². The van der Waals surface area contributed by atoms with Gasteiger partial charge >= 0.3 is 0 Å². The normalized spacial score (nSPS) is 22.7. The molecule has 0 radical (unpaired) electrons. The molecule has 2 fully saturated rings. The van der Waals surface area contributed by atoms with Crippen LogP contribution in [0.3, 0.4) is 0 Å². The minimum absolute atomic E-state index is 0.924. The van der Waals surface area contributed by atoms with Crippen LogP contribution in [-0.2, 0) is 0 Å². The summed E-state index contributed by atoms with van der Waals surface area (Å²) in [6, 6.07) is 0. The van der Waals surface area contributed by atoms with Gasteiger partial charge < -0.3 is 0 Å². The van der Waals surface area contributed by atoms with Crippen LogP contribution in [-0.4, -0.2) is 15.0 Å². The second kappa shape index (κ2) is 8.76. The van der Waals surface area contributed by atoms with E-state index in [0.29, 0.717) is 0 Å². The van der Waals surface area contributed by atoms with Crippen molar-refractivity contribution in [2.45, 2.75) is 57.8 Å². The number of hydrogen-bond donors (Lipinski definition) is 0. The van der Waals surface area contributed by atoms with Gasteiger partial charge in [0.05, 0.1) is 19.3 Å². The molecule has 0 aliphatic heterocycles. The van der Waals surface area contributed by atoms with Crippen molar-refractivity contribution in [2.75, 3.05) is 11.5 Å². The Kier molecular flexibility index (Phi) is 7.32. The molecule has 18 heavy (non-hydrogen) atoms. The van der Waals surface area contributed by atoms with E-state index in [1.54, 1.807) is 0 Å². The first-order valence-electron chi connectivity index (χ1n) is 7.46. The Balaban J connectivity index is 1.54. The van der Waals surface area contributed by atoms with E-state index >= 15 is 0 Å². The highest BCUT2D eigenvalue weighted by Crippen LogP contribution is 2.32. The van der Waals surface area contributed by atoms with E-state index in [4.69, 9.17) is 12.2 Å². The molecule has 0 bridgehead atoms. The van der Waals surface area contributed by atoms with Gasteiger partial charge in [-0.2, -0.15) is 0 Å². The lowest BCUT2D eigenvalue weighted by atomic mass is 9.91. The molecule has 0 aromatic carbocycles. The maximum absolute atomic E-state index is 5.51. The van der Waals surface area contributed by atoms with Gasteiger partial charge in [0.25, 0.3) is 0 Å². The lowest BCUT2D eigenvalue weighted by molar-refractivity contribution is 0.391. The summed E-state index contributed by atoms with van der Waals surface area (Å²) < 4.78 is 1.20. The SMILES string of the molecule is S=C(SCC1CC[CH+]CC1)SCC1CCCCC1. The topological polar surface area (TPSA) is 0 Å². The fourth-order valence-electron chi connectivity index (χ4n) is 2.93. The molecule has 0 spiro atoms. The first kappa shape index (κ1) is 15.1. The fourth-order valence-corrected chi connectivity index (χ4v) is 5.49. The first-order chi connectivity index (χ1) is 8.84. The molecule has 0 heterocycles. The van der Waals surface area contributed by atoms with Crippen molar-refractivity contribution in [1.29, 1.82) is 0 Å². The Labute approximate surface area is 126 Å². The maximum atomic E-state index is 5.51. The fraction of sp³-hybridized carbons (Fsp3) is 0.867. The second-order valence-corrected chi connectivity index (χ2v) is 8.93. The molecule has 0 N–H and O–H groups in total. The van der Waals surface area contributed by atoms with Crippen molar-refractivity contribution in [2.24, 2.45) is 11.8 Å². The third-order valence-electron chi connectivity index (χ3n) is 4.16. The van der Waals surface area contributed by atoms with Crippen LogP contribution in [0.5, 0.6) is 0 Å². The summed E-state index contributed by atoms with van der Waals surface area (Å²) in [5.74, 6) is 4.43. The van der Waals surface area contributed by atoms with Crippen LogP contribution in [0.2, 0.25) is 0 Å². The largest absolute Gasteiger partial charge is 0.108 e. The highest BCUT2D eigenvalue weighted by atomic mass is 32.2. The van der Waals surface area contributed by atoms with Crippen LogP contribution < -0.4 is 0 Å². The van der Waals surface area contributed by atoms with Gasteiger partial charge in [-0.3, -0.25) is 0 Å². The molecule has 2 aliphatic rings. The van der Waals surface area contributed by atoms with Crippen LogP contribution in [0.25, 0.3) is 0 Å². The maximum Gasteiger partial charge on any atom is 0.104 e. The van der Waals surface area contributed by atoms with E-state index in [1.807, 2.05) is 23.5 Å². The Morgan fingerprint density at radius 1 is 0.889 bits per heavy atom. The summed E-state index contributed by atoms with van der Waals surface area (Å²) >= 11 is 9.42. The summed E-state index contributed by atoms with van der Waals surface area (Å²) in [5.41, 5.74) is 0. The molecule has 2 rings (SSSR count). The predicted octanol–water partition coefficient (Wildman–Crippen LogP) is 5.71. The Hall–Kier alpha value is 0.660. The van der Waals surface area contributed by atoms with Crippen molar-refractivity contribution in [3.63, 3.8) is 0 Å². The van der Waals surface area contributed by atoms with Crippen molar-refractivity contribution >= 4 is 39.3 Å². The molecule has 2 saturated carbocycles. The number of thioether (sulfide) groups is 2. The van der Waals surface area contributed by atoms with E-state index in [2.05, 4.69) is 6.42 Å². The number of hydrogen-bond acceptors (Lipinski definition) is 3. The average Bonchev–Trinajstić information content (AvgIpc) is 2.45. The summed E-state index contributed by atoms with van der Waals surface area (Å²) in [7, 11) is 0. The van der Waals surface area contributed by atoms with Gasteiger partial charge in [-0.1, -0.05) is 31.5 Å². The molecule has 0 nitrogen and oxygen atoms in total. The van der Waals surface area contributed by atoms with Crippen LogP contribution >= 0.6 is 35.7 Å². The number of thiocarbonyl (C=S) groups is 1. The Morgan fingerprint density at radius 3 is 2.06 bits per heavy atom. The minimum Gasteiger partial charge on any atom is -0.108 e. The molecule has 2 aliphatic carbocycles. The van der Waals surface area contributed by atoms with E-state index in [9.17, 15) is 0 Å². The molecule has 0 aromatic heterocycles. The van der Waals surface area contributed by atoms with Crippen LogP contribution in [0.1, 0.15) is 57.8 Å². The van der Waals surface area contributed by atoms with Gasteiger partial charge in [-0.05, 0) is 37.5 Å². The van der Waals surface area contributed by atoms with Gasteiger partial charge in [0.15, 0.2) is 0 Å². The molecule has 0 amide bonds. The zero-order chi connectivity index (χ0) is 12.6. The van der Waals surface area contributed by atoms with Gasteiger partial charge in [-0.15, -0.1) is 23.5 Å². The zero-order valence-electron chi connectivity index (χ0n) is 11.2. The van der Waals surface area contributed by atoms with Gasteiger partial charge in [0, 0.05) is 11.5 Å². The zero-order valence-corrected chi connectivity index (χ0v) is 13.7. The van der Waals surface area contributed by atoms with E-state index in [0.717, 1.165) is 11.8 Å². The lowest BCUT2D eigenvalue weighted by Gasteiger charge is -2.21. The first-order valence-corrected chi connectivity index (χ1v) is 9.84. The van der Waals surface area contributed by atoms with Crippen LogP contribution in [0.4, 0.5) is 0 Å². The monoisotopic (exact) mass is 301 g/mol. The summed E-state index contributed by atoms with van der Waals surface area (Å²) in [4.78, 5) is 0. The van der Waals surface area contributed by atoms with Gasteiger partial charge in [0.2, 0.25) is 0 Å². The van der Waals surface area contributed by atoms with E-state index in [-0.39, 0.29) is 0 Å². The third-order valence-corrected chi connectivity index (χ3v) is 7.32. The minimum atomic E-state index is 0.924. The van der Waals surface area contributed by atoms with E-state index < -0.39 is 0 Å². The summed E-state index contributed by atoms with van der Waals surface area (Å²) in [6.45, 7) is 0. The molecule has 0 unspecified atom stereocenters. The standard InChI is InChI=1S/C15H25S3/c16-15(17-11-13-7-3-1-4-8-13)18-12-14-9-5-2-6-10-14/h1,13-14H,2-12H2/q+1. The molecule has 102 valence electrons. The Bertz CT molecular complexity index is 216. The van der Waals surface area contributed by atoms with Crippen molar-refractivity contribution in [1.82, 2.24) is 0 Å². The number of rotatable bonds is 4. The van der Waals surface area contributed by atoms with Crippen LogP contribution in [0.15, 0.2) is 0 Å². The Morgan fingerprint density at radius 2 is 1.44 bits per heavy atom. The second-order valence-electron chi connectivity index (χ2n) is 5.69. The smallest absolute Gasteiger partial charge is 0.104 e. The molecular formula is C15H25S3+. The summed E-state index contributed by atoms with van der Waals surface area (Å²) in [6.07, 6.45) is 15.1. The lowest BCUT2D eigenvalue weighted by Crippen LogP contribution is -2.11. The average molecular weight is 302 g/mol. The molecule has 0 aromatic rings. The molecule has 0 saturated heterocycles. The van der Waals surface area contributed by atoms with Crippen molar-refractivity contribution in [3.8, 4) is 0 Å². The van der Waals surface area contributed by atoms with Gasteiger partial charge in [-0.25, -0.2) is 0 Å². The summed E-state index contributed by atoms with van der Waals surface area (Å²) in [5, 5.41) is 0. The third kappa shape index (κ3) is 5.75. The molecule has 3 heteroatoms. The highest BCUT2D eigenvalue weighted by molar-refractivity contribution is 8.47. The predicted molar refractivity (Wildman–Crippen MR) is 90.3 cm³/mol. The quantitative estimate of drug-likeness (QED) is 0.482. The highest BCUT2D eigenvalue weighted by Gasteiger charge is 2.19. The van der Waals surface area contributed by atoms with Crippen molar-refractivity contribution < 1.29 is 0 Å². The van der Waals surface area contributed by atoms with Crippen LogP contribution in [0, 0.1) is 18.3 Å². The van der Waals surface area contributed by atoms with Gasteiger partial charge in [0.1, 0.15) is 3.53 Å². The van der Waals surface area contributed by atoms with Crippen molar-refractivity contribution in [3.05, 3.63) is 6.42 Å².